The zero-order valence-electron chi connectivity index (χ0n) is 21.8. The second-order valence-electron chi connectivity index (χ2n) is 9.56. The van der Waals surface area contributed by atoms with Crippen molar-refractivity contribution < 1.29 is 27.6 Å². The van der Waals surface area contributed by atoms with Gasteiger partial charge in [-0.05, 0) is 38.0 Å². The molecule has 0 unspecified atom stereocenters. The molecule has 1 atom stereocenters. The normalized spacial score (nSPS) is 17.2. The van der Waals surface area contributed by atoms with E-state index >= 15 is 0 Å². The molecule has 1 aromatic carbocycles. The van der Waals surface area contributed by atoms with Crippen molar-refractivity contribution in [1.82, 2.24) is 30.0 Å². The molecule has 16 heteroatoms. The number of aromatic nitrogens is 4. The maximum absolute atomic E-state index is 13.6. The van der Waals surface area contributed by atoms with Gasteiger partial charge in [0.1, 0.15) is 6.54 Å². The van der Waals surface area contributed by atoms with Crippen LogP contribution in [0.2, 0.25) is 5.02 Å². The number of imidazole rings is 1. The number of carbonyl (C=O) groups excluding carboxylic acids is 3. The number of nitrogens with two attached hydrogens (primary N) is 1. The van der Waals surface area contributed by atoms with Crippen molar-refractivity contribution in [3.8, 4) is 17.3 Å². The Kier molecular flexibility index (Phi) is 8.36. The van der Waals surface area contributed by atoms with Gasteiger partial charge in [0.05, 0.1) is 40.2 Å². The van der Waals surface area contributed by atoms with Crippen molar-refractivity contribution in [2.75, 3.05) is 5.32 Å². The molecule has 3 aromatic rings. The van der Waals surface area contributed by atoms with Crippen molar-refractivity contribution in [3.63, 3.8) is 0 Å². The summed E-state index contributed by atoms with van der Waals surface area (Å²) in [6, 6.07) is 5.10. The highest BCUT2D eigenvalue weighted by atomic mass is 35.5. The third-order valence-corrected chi connectivity index (χ3v) is 6.75. The zero-order valence-corrected chi connectivity index (χ0v) is 22.5. The number of nitriles is 1. The predicted molar refractivity (Wildman–Crippen MR) is 141 cm³/mol. The lowest BCUT2D eigenvalue weighted by Crippen LogP contribution is -2.55. The van der Waals surface area contributed by atoms with Crippen LogP contribution in [0.3, 0.4) is 0 Å². The number of nitrogens with one attached hydrogen (secondary N) is 3. The number of hydrogen-bond donors (Lipinski definition) is 4. The predicted octanol–water partition coefficient (Wildman–Crippen LogP) is 2.46. The molecule has 0 bridgehead atoms. The Morgan fingerprint density at radius 3 is 2.51 bits per heavy atom. The van der Waals surface area contributed by atoms with Gasteiger partial charge < -0.3 is 26.3 Å². The van der Waals surface area contributed by atoms with E-state index in [-0.39, 0.29) is 51.3 Å². The molecule has 0 aliphatic heterocycles. The van der Waals surface area contributed by atoms with Gasteiger partial charge in [0.15, 0.2) is 11.5 Å². The molecule has 41 heavy (non-hydrogen) atoms. The van der Waals surface area contributed by atoms with E-state index in [0.717, 1.165) is 17.1 Å². The Bertz CT molecular complexity index is 1530. The van der Waals surface area contributed by atoms with E-state index in [1.807, 2.05) is 0 Å². The van der Waals surface area contributed by atoms with E-state index in [9.17, 15) is 27.6 Å². The summed E-state index contributed by atoms with van der Waals surface area (Å²) < 4.78 is 42.7. The van der Waals surface area contributed by atoms with Crippen molar-refractivity contribution in [3.05, 3.63) is 52.7 Å². The lowest BCUT2D eigenvalue weighted by atomic mass is 9.86. The van der Waals surface area contributed by atoms with Gasteiger partial charge in [0, 0.05) is 31.0 Å². The van der Waals surface area contributed by atoms with Crippen LogP contribution in [0.1, 0.15) is 46.4 Å². The lowest BCUT2D eigenvalue weighted by Gasteiger charge is -2.36. The number of carbonyl (C=O) groups is 3. The second-order valence-corrected chi connectivity index (χ2v) is 9.96. The van der Waals surface area contributed by atoms with E-state index in [0.29, 0.717) is 12.8 Å². The third-order valence-electron chi connectivity index (χ3n) is 6.43. The van der Waals surface area contributed by atoms with E-state index in [4.69, 9.17) is 22.6 Å². The minimum atomic E-state index is -4.80. The number of amides is 3. The first kappa shape index (κ1) is 29.6. The SMILES string of the molecule is C[C@@H](N)C(=O)NC1CC(NC(=O)c2ccc(NC(=O)c3ncc(-c4cn(CC#N)nc4C(F)(F)F)n3C)cc2Cl)C1. The van der Waals surface area contributed by atoms with Crippen LogP contribution in [0.4, 0.5) is 18.9 Å². The van der Waals surface area contributed by atoms with Crippen LogP contribution in [0.25, 0.3) is 11.3 Å². The average Bonchev–Trinajstić information content (AvgIpc) is 3.46. The highest BCUT2D eigenvalue weighted by molar-refractivity contribution is 6.34. The molecule has 1 aliphatic carbocycles. The fourth-order valence-electron chi connectivity index (χ4n) is 4.26. The maximum atomic E-state index is 13.6. The van der Waals surface area contributed by atoms with Crippen molar-refractivity contribution in [2.45, 2.75) is 50.6 Å². The first-order chi connectivity index (χ1) is 19.3. The fraction of sp³-hybridized carbons (Fsp3) is 0.360. The molecule has 3 amide bonds. The van der Waals surface area contributed by atoms with Crippen LogP contribution in [-0.4, -0.2) is 55.2 Å². The number of benzene rings is 1. The summed E-state index contributed by atoms with van der Waals surface area (Å²) in [5, 5.41) is 20.5. The van der Waals surface area contributed by atoms with Crippen molar-refractivity contribution in [1.29, 1.82) is 5.26 Å². The summed E-state index contributed by atoms with van der Waals surface area (Å²) in [6.45, 7) is 1.19. The summed E-state index contributed by atoms with van der Waals surface area (Å²) in [5.41, 5.74) is 4.34. The Labute approximate surface area is 236 Å². The highest BCUT2D eigenvalue weighted by Crippen LogP contribution is 2.36. The number of anilines is 1. The summed E-state index contributed by atoms with van der Waals surface area (Å²) in [4.78, 5) is 41.2. The fourth-order valence-corrected chi connectivity index (χ4v) is 4.52. The molecule has 12 nitrogen and oxygen atoms in total. The molecular formula is C25H25ClF3N9O3. The maximum Gasteiger partial charge on any atom is 0.435 e. The van der Waals surface area contributed by atoms with Gasteiger partial charge in [-0.25, -0.2) is 4.98 Å². The summed E-state index contributed by atoms with van der Waals surface area (Å²) in [6.07, 6.45) is -1.54. The number of halogens is 4. The second kappa shape index (κ2) is 11.6. The molecule has 0 saturated heterocycles. The van der Waals surface area contributed by atoms with Crippen molar-refractivity contribution in [2.24, 2.45) is 12.8 Å². The number of hydrogen-bond acceptors (Lipinski definition) is 7. The Hall–Kier alpha value is -4.42. The Morgan fingerprint density at radius 2 is 1.90 bits per heavy atom. The topological polar surface area (TPSA) is 173 Å². The van der Waals surface area contributed by atoms with Gasteiger partial charge in [-0.3, -0.25) is 19.1 Å². The van der Waals surface area contributed by atoms with Crippen LogP contribution < -0.4 is 21.7 Å². The van der Waals surface area contributed by atoms with E-state index < -0.39 is 36.3 Å². The molecule has 2 aromatic heterocycles. The average molecular weight is 592 g/mol. The van der Waals surface area contributed by atoms with E-state index in [1.165, 1.54) is 29.8 Å². The van der Waals surface area contributed by atoms with Crippen LogP contribution in [0, 0.1) is 11.3 Å². The van der Waals surface area contributed by atoms with Gasteiger partial charge in [-0.15, -0.1) is 0 Å². The van der Waals surface area contributed by atoms with Crippen LogP contribution in [0.15, 0.2) is 30.6 Å². The van der Waals surface area contributed by atoms with Gasteiger partial charge in [0.25, 0.3) is 11.8 Å². The summed E-state index contributed by atoms with van der Waals surface area (Å²) in [7, 11) is 1.37. The molecule has 216 valence electrons. The molecule has 0 spiro atoms. The lowest BCUT2D eigenvalue weighted by molar-refractivity contribution is -0.141. The van der Waals surface area contributed by atoms with Crippen LogP contribution >= 0.6 is 11.6 Å². The third kappa shape index (κ3) is 6.50. The molecule has 0 radical (unpaired) electrons. The quantitative estimate of drug-likeness (QED) is 0.311. The summed E-state index contributed by atoms with van der Waals surface area (Å²) in [5.74, 6) is -1.63. The molecule has 1 fully saturated rings. The highest BCUT2D eigenvalue weighted by Gasteiger charge is 2.38. The van der Waals surface area contributed by atoms with E-state index in [1.54, 1.807) is 13.0 Å². The molecular weight excluding hydrogens is 567 g/mol. The minimum absolute atomic E-state index is 0.0351. The van der Waals surface area contributed by atoms with Gasteiger partial charge in [-0.1, -0.05) is 11.6 Å². The van der Waals surface area contributed by atoms with Gasteiger partial charge in [-0.2, -0.15) is 23.5 Å². The van der Waals surface area contributed by atoms with Crippen LogP contribution in [0.5, 0.6) is 0 Å². The Morgan fingerprint density at radius 1 is 1.22 bits per heavy atom. The molecule has 4 rings (SSSR count). The van der Waals surface area contributed by atoms with Gasteiger partial charge >= 0.3 is 6.18 Å². The zero-order chi connectivity index (χ0) is 30.1. The van der Waals surface area contributed by atoms with E-state index in [2.05, 4.69) is 26.0 Å². The molecule has 1 aliphatic rings. The number of rotatable bonds is 8. The smallest absolute Gasteiger partial charge is 0.352 e. The standard InChI is InChI=1S/C25H25ClF3N9O3/c1-12(31)22(39)34-14-7-15(8-14)35-23(40)16-4-3-13(9-18(16)26)33-24(41)21-32-10-19(37(21)2)17-11-38(6-5-30)36-20(17)25(27,28)29/h3-4,9-12,14-15H,6-8,31H2,1-2H3,(H,33,41)(H,34,39)(H,35,40)/t12-,14?,15?/m1/s1. The van der Waals surface area contributed by atoms with Crippen LogP contribution in [-0.2, 0) is 24.6 Å². The molecule has 1 saturated carbocycles. The molecule has 2 heterocycles. The molecule has 5 N–H and O–H groups in total. The monoisotopic (exact) mass is 591 g/mol. The number of nitrogens with zero attached hydrogens (tertiary/aromatic N) is 5. The largest absolute Gasteiger partial charge is 0.435 e. The number of alkyl halides is 3. The minimum Gasteiger partial charge on any atom is -0.352 e. The first-order valence-corrected chi connectivity index (χ1v) is 12.7. The first-order valence-electron chi connectivity index (χ1n) is 12.3. The van der Waals surface area contributed by atoms with Gasteiger partial charge in [0.2, 0.25) is 5.91 Å². The van der Waals surface area contributed by atoms with Crippen molar-refractivity contribution >= 4 is 35.0 Å². The summed E-state index contributed by atoms with van der Waals surface area (Å²) >= 11 is 6.29. The Balaban J connectivity index is 1.42.